The lowest BCUT2D eigenvalue weighted by Gasteiger charge is -2.11. The first kappa shape index (κ1) is 23.9. The van der Waals surface area contributed by atoms with Crippen molar-refractivity contribution in [3.05, 3.63) is 102 Å². The highest BCUT2D eigenvalue weighted by atomic mass is 32.1. The molecule has 7 heteroatoms. The molecule has 0 saturated heterocycles. The molecule has 35 heavy (non-hydrogen) atoms. The Morgan fingerprint density at radius 2 is 1.80 bits per heavy atom. The van der Waals surface area contributed by atoms with E-state index in [9.17, 15) is 4.79 Å². The van der Waals surface area contributed by atoms with Crippen molar-refractivity contribution in [2.24, 2.45) is 5.10 Å². The molecule has 2 N–H and O–H groups in total. The molecule has 0 fully saturated rings. The number of nitrogens with zero attached hydrogens (tertiary/aromatic N) is 1. The summed E-state index contributed by atoms with van der Waals surface area (Å²) in [6.45, 7) is 4.48. The lowest BCUT2D eigenvalue weighted by Crippen LogP contribution is -2.23. The number of rotatable bonds is 7. The lowest BCUT2D eigenvalue weighted by atomic mass is 10.0. The molecule has 4 aromatic carbocycles. The van der Waals surface area contributed by atoms with Crippen molar-refractivity contribution in [1.82, 2.24) is 5.43 Å². The van der Waals surface area contributed by atoms with E-state index in [-0.39, 0.29) is 0 Å². The Bertz CT molecular complexity index is 1380. The number of nitrogens with one attached hydrogen (secondary N) is 2. The second kappa shape index (κ2) is 11.3. The predicted octanol–water partition coefficient (Wildman–Crippen LogP) is 6.09. The zero-order chi connectivity index (χ0) is 24.6. The Morgan fingerprint density at radius 1 is 1.00 bits per heavy atom. The summed E-state index contributed by atoms with van der Waals surface area (Å²) in [5, 5.41) is 9.63. The van der Waals surface area contributed by atoms with E-state index in [0.29, 0.717) is 34.3 Å². The third kappa shape index (κ3) is 6.22. The van der Waals surface area contributed by atoms with Gasteiger partial charge in [0.1, 0.15) is 11.5 Å². The van der Waals surface area contributed by atoms with Crippen molar-refractivity contribution in [2.75, 3.05) is 11.9 Å². The molecule has 0 aliphatic carbocycles. The van der Waals surface area contributed by atoms with Crippen molar-refractivity contribution in [3.8, 4) is 11.5 Å². The van der Waals surface area contributed by atoms with Crippen LogP contribution in [0.25, 0.3) is 10.8 Å². The molecule has 0 radical (unpaired) electrons. The first-order valence-electron chi connectivity index (χ1n) is 11.2. The van der Waals surface area contributed by atoms with Gasteiger partial charge in [-0.2, -0.15) is 5.10 Å². The standard InChI is InChI=1S/C28H25N3O3S/c1-3-33-23-14-11-21(12-15-23)27(32)34-26-16-13-20-8-4-5-10-24(20)25(26)18-29-31-28(35)30-22-9-6-7-19(2)17-22/h4-18H,3H2,1-2H3,(H2,30,31,35)/b29-18-. The zero-order valence-corrected chi connectivity index (χ0v) is 20.3. The van der Waals surface area contributed by atoms with E-state index in [0.717, 1.165) is 22.0 Å². The molecule has 4 rings (SSSR count). The number of anilines is 1. The van der Waals surface area contributed by atoms with Gasteiger partial charge in [-0.15, -0.1) is 0 Å². The average Bonchev–Trinajstić information content (AvgIpc) is 2.85. The van der Waals surface area contributed by atoms with Gasteiger partial charge in [0.25, 0.3) is 0 Å². The second-order valence-electron chi connectivity index (χ2n) is 7.74. The maximum Gasteiger partial charge on any atom is 0.343 e. The molecule has 0 heterocycles. The largest absolute Gasteiger partial charge is 0.494 e. The number of carbonyl (C=O) groups excluding carboxylic acids is 1. The van der Waals surface area contributed by atoms with Gasteiger partial charge in [0.05, 0.1) is 18.4 Å². The molecule has 0 unspecified atom stereocenters. The lowest BCUT2D eigenvalue weighted by molar-refractivity contribution is 0.0734. The second-order valence-corrected chi connectivity index (χ2v) is 8.15. The van der Waals surface area contributed by atoms with Crippen molar-refractivity contribution < 1.29 is 14.3 Å². The van der Waals surface area contributed by atoms with E-state index in [1.807, 2.05) is 68.4 Å². The Morgan fingerprint density at radius 3 is 2.57 bits per heavy atom. The number of esters is 1. The maximum absolute atomic E-state index is 12.8. The Hall–Kier alpha value is -4.23. The van der Waals surface area contributed by atoms with E-state index < -0.39 is 5.97 Å². The van der Waals surface area contributed by atoms with E-state index in [2.05, 4.69) is 15.8 Å². The van der Waals surface area contributed by atoms with Gasteiger partial charge in [0.2, 0.25) is 0 Å². The van der Waals surface area contributed by atoms with Crippen LogP contribution in [0.5, 0.6) is 11.5 Å². The van der Waals surface area contributed by atoms with Crippen LogP contribution in [0.4, 0.5) is 5.69 Å². The molecule has 0 aliphatic heterocycles. The van der Waals surface area contributed by atoms with E-state index >= 15 is 0 Å². The van der Waals surface area contributed by atoms with Crippen LogP contribution in [0.2, 0.25) is 0 Å². The highest BCUT2D eigenvalue weighted by Gasteiger charge is 2.14. The molecule has 4 aromatic rings. The monoisotopic (exact) mass is 483 g/mol. The number of hydrogen-bond donors (Lipinski definition) is 2. The van der Waals surface area contributed by atoms with Gasteiger partial charge in [-0.3, -0.25) is 5.43 Å². The topological polar surface area (TPSA) is 72.0 Å². The predicted molar refractivity (Wildman–Crippen MR) is 145 cm³/mol. The van der Waals surface area contributed by atoms with E-state index in [1.54, 1.807) is 36.5 Å². The summed E-state index contributed by atoms with van der Waals surface area (Å²) in [6.07, 6.45) is 1.60. The SMILES string of the molecule is CCOc1ccc(C(=O)Oc2ccc3ccccc3c2/C=N\NC(=S)Nc2cccc(C)c2)cc1. The number of ether oxygens (including phenoxy) is 2. The summed E-state index contributed by atoms with van der Waals surface area (Å²) < 4.78 is 11.2. The van der Waals surface area contributed by atoms with Crippen molar-refractivity contribution in [1.29, 1.82) is 0 Å². The summed E-state index contributed by atoms with van der Waals surface area (Å²) >= 11 is 5.35. The van der Waals surface area contributed by atoms with Crippen LogP contribution in [0.3, 0.4) is 0 Å². The van der Waals surface area contributed by atoms with Gasteiger partial charge in [-0.05, 0) is 84.9 Å². The van der Waals surface area contributed by atoms with Gasteiger partial charge in [-0.1, -0.05) is 42.5 Å². The average molecular weight is 484 g/mol. The third-order valence-corrected chi connectivity index (χ3v) is 5.36. The number of thiocarbonyl (C=S) groups is 1. The van der Waals surface area contributed by atoms with Crippen LogP contribution in [0, 0.1) is 6.92 Å². The number of hydrazone groups is 1. The molecule has 0 atom stereocenters. The van der Waals surface area contributed by atoms with Crippen LogP contribution in [-0.4, -0.2) is 23.9 Å². The Labute approximate surface area is 209 Å². The maximum atomic E-state index is 12.8. The van der Waals surface area contributed by atoms with Crippen LogP contribution in [0.1, 0.15) is 28.4 Å². The highest BCUT2D eigenvalue weighted by Crippen LogP contribution is 2.27. The van der Waals surface area contributed by atoms with Gasteiger partial charge in [0, 0.05) is 11.3 Å². The number of aryl methyl sites for hydroxylation is 1. The van der Waals surface area contributed by atoms with Gasteiger partial charge in [0.15, 0.2) is 5.11 Å². The zero-order valence-electron chi connectivity index (χ0n) is 19.4. The van der Waals surface area contributed by atoms with Crippen molar-refractivity contribution in [3.63, 3.8) is 0 Å². The Kier molecular flexibility index (Phi) is 7.70. The minimum Gasteiger partial charge on any atom is -0.494 e. The summed E-state index contributed by atoms with van der Waals surface area (Å²) in [5.74, 6) is 0.622. The van der Waals surface area contributed by atoms with Crippen LogP contribution >= 0.6 is 12.2 Å². The van der Waals surface area contributed by atoms with Crippen LogP contribution in [0.15, 0.2) is 90.0 Å². The summed E-state index contributed by atoms with van der Waals surface area (Å²) in [5.41, 5.74) is 5.90. The fourth-order valence-electron chi connectivity index (χ4n) is 3.55. The van der Waals surface area contributed by atoms with E-state index in [1.165, 1.54) is 0 Å². The normalized spacial score (nSPS) is 10.8. The minimum atomic E-state index is -0.470. The number of benzene rings is 4. The first-order chi connectivity index (χ1) is 17.0. The molecule has 0 amide bonds. The minimum absolute atomic E-state index is 0.347. The van der Waals surface area contributed by atoms with Gasteiger partial charge >= 0.3 is 5.97 Å². The molecule has 0 aromatic heterocycles. The van der Waals surface area contributed by atoms with E-state index in [4.69, 9.17) is 21.7 Å². The van der Waals surface area contributed by atoms with Crippen LogP contribution < -0.4 is 20.2 Å². The molecular weight excluding hydrogens is 458 g/mol. The van der Waals surface area contributed by atoms with Gasteiger partial charge in [-0.25, -0.2) is 4.79 Å². The highest BCUT2D eigenvalue weighted by molar-refractivity contribution is 7.80. The molecule has 6 nitrogen and oxygen atoms in total. The van der Waals surface area contributed by atoms with Gasteiger partial charge < -0.3 is 14.8 Å². The number of carbonyl (C=O) groups is 1. The molecule has 0 aliphatic rings. The van der Waals surface area contributed by atoms with Crippen molar-refractivity contribution >= 4 is 46.0 Å². The summed E-state index contributed by atoms with van der Waals surface area (Å²) in [4.78, 5) is 12.8. The summed E-state index contributed by atoms with van der Waals surface area (Å²) in [6, 6.07) is 26.2. The fraction of sp³-hybridized carbons (Fsp3) is 0.107. The number of fused-ring (bicyclic) bond motifs is 1. The Balaban J connectivity index is 1.54. The molecule has 176 valence electrons. The fourth-order valence-corrected chi connectivity index (χ4v) is 3.72. The molecule has 0 saturated carbocycles. The first-order valence-corrected chi connectivity index (χ1v) is 11.6. The summed E-state index contributed by atoms with van der Waals surface area (Å²) in [7, 11) is 0. The molecular formula is C28H25N3O3S. The molecule has 0 spiro atoms. The smallest absolute Gasteiger partial charge is 0.343 e. The molecule has 0 bridgehead atoms. The van der Waals surface area contributed by atoms with Crippen molar-refractivity contribution in [2.45, 2.75) is 13.8 Å². The van der Waals surface area contributed by atoms with Crippen LogP contribution in [-0.2, 0) is 0 Å². The third-order valence-electron chi connectivity index (χ3n) is 5.17. The number of hydrogen-bond acceptors (Lipinski definition) is 5. The quantitative estimate of drug-likeness (QED) is 0.109.